The summed E-state index contributed by atoms with van der Waals surface area (Å²) in [4.78, 5) is 18.1. The highest BCUT2D eigenvalue weighted by molar-refractivity contribution is 7.92. The number of anilines is 2. The number of carbonyl (C=O) groups is 1. The van der Waals surface area contributed by atoms with Crippen molar-refractivity contribution in [1.29, 1.82) is 0 Å². The van der Waals surface area contributed by atoms with E-state index in [0.29, 0.717) is 16.9 Å². The molecule has 4 rings (SSSR count). The topological polar surface area (TPSA) is 88.2 Å². The second kappa shape index (κ2) is 8.43. The number of nitrogens with zero attached hydrogens (tertiary/aromatic N) is 1. The number of pyridine rings is 1. The molecule has 0 aliphatic carbocycles. The molecular formula is C25H23N3O3S. The molecule has 1 amide bonds. The van der Waals surface area contributed by atoms with Crippen LogP contribution in [0.2, 0.25) is 0 Å². The van der Waals surface area contributed by atoms with Gasteiger partial charge in [-0.05, 0) is 49.7 Å². The van der Waals surface area contributed by atoms with Gasteiger partial charge < -0.3 is 5.32 Å². The van der Waals surface area contributed by atoms with Crippen LogP contribution >= 0.6 is 0 Å². The van der Waals surface area contributed by atoms with E-state index in [1.165, 1.54) is 0 Å². The minimum absolute atomic E-state index is 0.300. The van der Waals surface area contributed by atoms with Crippen molar-refractivity contribution in [2.75, 3.05) is 16.3 Å². The van der Waals surface area contributed by atoms with E-state index >= 15 is 0 Å². The Balaban J connectivity index is 1.75. The fourth-order valence-electron chi connectivity index (χ4n) is 3.68. The first-order valence-corrected chi connectivity index (χ1v) is 12.0. The van der Waals surface area contributed by atoms with E-state index in [2.05, 4.69) is 16.1 Å². The summed E-state index contributed by atoms with van der Waals surface area (Å²) < 4.78 is 25.5. The fourth-order valence-corrected chi connectivity index (χ4v) is 4.23. The lowest BCUT2D eigenvalue weighted by Gasteiger charge is -2.13. The summed E-state index contributed by atoms with van der Waals surface area (Å²) in [5, 5.41) is 3.62. The molecule has 0 bridgehead atoms. The Morgan fingerprint density at radius 2 is 1.62 bits per heavy atom. The van der Waals surface area contributed by atoms with Crippen molar-refractivity contribution in [2.45, 2.75) is 13.8 Å². The van der Waals surface area contributed by atoms with Crippen LogP contribution in [0.3, 0.4) is 0 Å². The molecule has 1 heterocycles. The molecule has 0 saturated heterocycles. The minimum Gasteiger partial charge on any atom is -0.322 e. The van der Waals surface area contributed by atoms with Crippen molar-refractivity contribution in [3.63, 3.8) is 0 Å². The number of benzene rings is 3. The van der Waals surface area contributed by atoms with Gasteiger partial charge in [-0.25, -0.2) is 13.4 Å². The lowest BCUT2D eigenvalue weighted by Crippen LogP contribution is -2.14. The molecule has 0 fully saturated rings. The molecule has 0 atom stereocenters. The van der Waals surface area contributed by atoms with Gasteiger partial charge in [0.1, 0.15) is 0 Å². The van der Waals surface area contributed by atoms with Gasteiger partial charge in [-0.3, -0.25) is 9.52 Å². The van der Waals surface area contributed by atoms with Gasteiger partial charge >= 0.3 is 0 Å². The maximum atomic E-state index is 13.3. The zero-order chi connectivity index (χ0) is 22.9. The summed E-state index contributed by atoms with van der Waals surface area (Å²) in [6.45, 7) is 4.06. The van der Waals surface area contributed by atoms with E-state index < -0.39 is 10.0 Å². The smallest absolute Gasteiger partial charge is 0.256 e. The number of aromatic nitrogens is 1. The molecule has 0 unspecified atom stereocenters. The van der Waals surface area contributed by atoms with Crippen molar-refractivity contribution in [3.05, 3.63) is 89.5 Å². The van der Waals surface area contributed by atoms with Gasteiger partial charge in [0.25, 0.3) is 5.91 Å². The van der Waals surface area contributed by atoms with Gasteiger partial charge in [-0.15, -0.1) is 0 Å². The van der Waals surface area contributed by atoms with Crippen LogP contribution in [0, 0.1) is 13.8 Å². The maximum absolute atomic E-state index is 13.3. The van der Waals surface area contributed by atoms with Crippen LogP contribution in [-0.2, 0) is 10.0 Å². The molecule has 3 aromatic carbocycles. The van der Waals surface area contributed by atoms with Crippen LogP contribution < -0.4 is 10.0 Å². The molecule has 1 aromatic heterocycles. The zero-order valence-electron chi connectivity index (χ0n) is 18.0. The Bertz CT molecular complexity index is 1450. The van der Waals surface area contributed by atoms with Gasteiger partial charge in [0.05, 0.1) is 28.7 Å². The molecule has 4 aromatic rings. The minimum atomic E-state index is -3.42. The number of rotatable bonds is 5. The number of aryl methyl sites for hydroxylation is 2. The van der Waals surface area contributed by atoms with Gasteiger partial charge in [-0.1, -0.05) is 48.0 Å². The molecule has 32 heavy (non-hydrogen) atoms. The third kappa shape index (κ3) is 4.78. The summed E-state index contributed by atoms with van der Waals surface area (Å²) in [5.41, 5.74) is 6.01. The van der Waals surface area contributed by atoms with Crippen molar-refractivity contribution in [2.24, 2.45) is 0 Å². The summed E-state index contributed by atoms with van der Waals surface area (Å²) in [6.07, 6.45) is 1.08. The van der Waals surface area contributed by atoms with Gasteiger partial charge in [-0.2, -0.15) is 0 Å². The Morgan fingerprint density at radius 1 is 0.875 bits per heavy atom. The number of hydrogen-bond acceptors (Lipinski definition) is 4. The normalized spacial score (nSPS) is 11.3. The van der Waals surface area contributed by atoms with E-state index in [1.807, 2.05) is 50.2 Å². The van der Waals surface area contributed by atoms with E-state index in [-0.39, 0.29) is 5.91 Å². The highest BCUT2D eigenvalue weighted by atomic mass is 32.2. The molecule has 7 heteroatoms. The van der Waals surface area contributed by atoms with E-state index in [0.717, 1.165) is 39.5 Å². The van der Waals surface area contributed by atoms with Crippen molar-refractivity contribution in [1.82, 2.24) is 4.98 Å². The summed E-state index contributed by atoms with van der Waals surface area (Å²) in [6, 6.07) is 22.0. The third-order valence-electron chi connectivity index (χ3n) is 5.04. The van der Waals surface area contributed by atoms with Crippen molar-refractivity contribution < 1.29 is 13.2 Å². The summed E-state index contributed by atoms with van der Waals surface area (Å²) in [5.74, 6) is -0.300. The predicted molar refractivity (Wildman–Crippen MR) is 130 cm³/mol. The number of para-hydroxylation sites is 1. The highest BCUT2D eigenvalue weighted by Crippen LogP contribution is 2.28. The second-order valence-corrected chi connectivity index (χ2v) is 9.55. The largest absolute Gasteiger partial charge is 0.322 e. The van der Waals surface area contributed by atoms with E-state index in [4.69, 9.17) is 4.98 Å². The molecule has 0 aliphatic rings. The summed E-state index contributed by atoms with van der Waals surface area (Å²) >= 11 is 0. The van der Waals surface area contributed by atoms with Crippen LogP contribution in [0.15, 0.2) is 72.8 Å². The van der Waals surface area contributed by atoms with E-state index in [9.17, 15) is 13.2 Å². The number of carbonyl (C=O) groups excluding carboxylic acids is 1. The van der Waals surface area contributed by atoms with Crippen LogP contribution in [0.25, 0.3) is 22.2 Å². The lowest BCUT2D eigenvalue weighted by molar-refractivity contribution is 0.102. The first-order valence-electron chi connectivity index (χ1n) is 10.1. The quantitative estimate of drug-likeness (QED) is 0.445. The molecular weight excluding hydrogens is 422 g/mol. The Labute approximate surface area is 187 Å². The SMILES string of the molecule is Cc1ccc(-c2cc(C(=O)Nc3cccc(NS(C)(=O)=O)c3)c3ccccc3n2)c(C)c1. The van der Waals surface area contributed by atoms with Crippen LogP contribution in [0.5, 0.6) is 0 Å². The number of hydrogen-bond donors (Lipinski definition) is 2. The first kappa shape index (κ1) is 21.5. The molecule has 162 valence electrons. The number of amides is 1. The van der Waals surface area contributed by atoms with Gasteiger partial charge in [0, 0.05) is 16.6 Å². The number of sulfonamides is 1. The standard InChI is InChI=1S/C25H23N3O3S/c1-16-11-12-20(17(2)13-16)24-15-22(21-9-4-5-10-23(21)27-24)25(29)26-18-7-6-8-19(14-18)28-32(3,30)31/h4-15,28H,1-3H3,(H,26,29). The monoisotopic (exact) mass is 445 g/mol. The van der Waals surface area contributed by atoms with Gasteiger partial charge in [0.2, 0.25) is 10.0 Å². The maximum Gasteiger partial charge on any atom is 0.256 e. The number of fused-ring (bicyclic) bond motifs is 1. The van der Waals surface area contributed by atoms with Crippen molar-refractivity contribution >= 4 is 38.2 Å². The first-order chi connectivity index (χ1) is 15.2. The molecule has 0 saturated carbocycles. The van der Waals surface area contributed by atoms with Gasteiger partial charge in [0.15, 0.2) is 0 Å². The third-order valence-corrected chi connectivity index (χ3v) is 5.65. The van der Waals surface area contributed by atoms with Crippen LogP contribution in [-0.4, -0.2) is 25.6 Å². The molecule has 0 radical (unpaired) electrons. The number of nitrogens with one attached hydrogen (secondary N) is 2. The van der Waals surface area contributed by atoms with Crippen LogP contribution in [0.4, 0.5) is 11.4 Å². The van der Waals surface area contributed by atoms with E-state index in [1.54, 1.807) is 30.3 Å². The average molecular weight is 446 g/mol. The Morgan fingerprint density at radius 3 is 2.38 bits per heavy atom. The second-order valence-electron chi connectivity index (χ2n) is 7.80. The van der Waals surface area contributed by atoms with Crippen LogP contribution in [0.1, 0.15) is 21.5 Å². The van der Waals surface area contributed by atoms with Crippen molar-refractivity contribution in [3.8, 4) is 11.3 Å². The zero-order valence-corrected chi connectivity index (χ0v) is 18.8. The Hall–Kier alpha value is -3.71. The molecule has 0 aliphatic heterocycles. The summed E-state index contributed by atoms with van der Waals surface area (Å²) in [7, 11) is -3.42. The lowest BCUT2D eigenvalue weighted by atomic mass is 9.99. The molecule has 0 spiro atoms. The highest BCUT2D eigenvalue weighted by Gasteiger charge is 2.15. The molecule has 6 nitrogen and oxygen atoms in total. The Kier molecular flexibility index (Phi) is 5.67. The average Bonchev–Trinajstić information content (AvgIpc) is 2.72. The predicted octanol–water partition coefficient (Wildman–Crippen LogP) is 5.14. The molecule has 2 N–H and O–H groups in total. The fraction of sp³-hybridized carbons (Fsp3) is 0.120.